The van der Waals surface area contributed by atoms with Gasteiger partial charge in [-0.2, -0.15) is 39.0 Å². The van der Waals surface area contributed by atoms with Crippen LogP contribution in [0, 0.1) is 6.92 Å². The Balaban J connectivity index is 0.000000131. The predicted octanol–water partition coefficient (Wildman–Crippen LogP) is 14.5. The van der Waals surface area contributed by atoms with E-state index in [1.54, 1.807) is 25.5 Å². The average Bonchev–Trinajstić information content (AvgIpc) is 1.65. The van der Waals surface area contributed by atoms with Gasteiger partial charge in [-0.15, -0.1) is 26.3 Å². The standard InChI is InChI=1S/2C19H15F4N3O2.C18H13F4N3O2.O2S.OS/c2*1-2-9-5-11(10-3-4-10)8-24-16(9)17-25-12-6-14-15(28-19(22,23)27-14)7-13(12)26(17)18(20)21;1-8-4-10(9-2-3-9)7-23-15(8)16-24-11-5-13-14(27-18(21,22)26-13)6-12(11)25(16)17(19)20;1-3-2;1-2/h2*5-8,10,18H,2-4H2,1H3;4-7,9,17H,2-3H2,1H3;;. The van der Waals surface area contributed by atoms with Crippen LogP contribution in [0.15, 0.2) is 73.2 Å². The summed E-state index contributed by atoms with van der Waals surface area (Å²) in [6, 6.07) is 12.7. The van der Waals surface area contributed by atoms with Gasteiger partial charge in [0.2, 0.25) is 0 Å². The summed E-state index contributed by atoms with van der Waals surface area (Å²) >= 11 is 2.08. The number of nitrogens with zero attached hydrogens (tertiary/aromatic N) is 9. The van der Waals surface area contributed by atoms with Gasteiger partial charge in [-0.25, -0.2) is 15.0 Å². The number of aromatic nitrogens is 9. The van der Waals surface area contributed by atoms with E-state index < -0.39 is 50.1 Å². The summed E-state index contributed by atoms with van der Waals surface area (Å²) in [4.78, 5) is 26.0. The molecule has 9 heterocycles. The minimum absolute atomic E-state index is 0.0142. The third-order valence-corrected chi connectivity index (χ3v) is 14.8. The molecule has 462 valence electrons. The van der Waals surface area contributed by atoms with Crippen molar-refractivity contribution in [2.24, 2.45) is 0 Å². The molecular formula is C56H43F12N9O9S2. The van der Waals surface area contributed by atoms with Crippen LogP contribution in [0.1, 0.15) is 123 Å². The van der Waals surface area contributed by atoms with Gasteiger partial charge in [-0.3, -0.25) is 28.7 Å². The number of aryl methyl sites for hydroxylation is 3. The quantitative estimate of drug-likeness (QED) is 0.111. The Morgan fingerprint density at radius 2 is 0.727 bits per heavy atom. The number of pyridine rings is 3. The summed E-state index contributed by atoms with van der Waals surface area (Å²) in [6.07, 6.45) is 1.45. The van der Waals surface area contributed by atoms with Crippen LogP contribution in [0.5, 0.6) is 34.5 Å². The SMILES string of the molecule is CCc1cc(C2CC2)cnc1-c1nc2cc3c(cc2n1C(F)F)OC(F)(F)O3.CCc1cc(C2CC2)cnc1-c1nc2cc3c(cc2n1C(F)F)OC(F)(F)O3.Cc1cc(C2CC2)cnc1-c1nc2cc3c(cc2n1C(F)F)OC(F)(F)O3.O=S.O=S=O. The first-order valence-corrected chi connectivity index (χ1v) is 27.8. The predicted molar refractivity (Wildman–Crippen MR) is 288 cm³/mol. The molecule has 3 aliphatic carbocycles. The second-order valence-electron chi connectivity index (χ2n) is 20.7. The maximum Gasteiger partial charge on any atom is 0.586 e. The minimum Gasteiger partial charge on any atom is -0.395 e. The number of hydrogen-bond donors (Lipinski definition) is 0. The van der Waals surface area contributed by atoms with E-state index in [1.807, 2.05) is 32.0 Å². The number of hydrogen-bond acceptors (Lipinski definition) is 16. The molecule has 32 heteroatoms. The van der Waals surface area contributed by atoms with Gasteiger partial charge >= 0.3 is 50.1 Å². The van der Waals surface area contributed by atoms with Gasteiger partial charge in [-0.1, -0.05) is 32.0 Å². The van der Waals surface area contributed by atoms with E-state index in [1.165, 1.54) is 18.2 Å². The first-order chi connectivity index (χ1) is 42.0. The molecule has 3 aliphatic heterocycles. The van der Waals surface area contributed by atoms with Crippen LogP contribution in [0.2, 0.25) is 0 Å². The van der Waals surface area contributed by atoms with Crippen molar-refractivity contribution < 1.29 is 93.7 Å². The van der Waals surface area contributed by atoms with Crippen molar-refractivity contribution >= 4 is 57.2 Å². The summed E-state index contributed by atoms with van der Waals surface area (Å²) in [5.41, 5.74) is 6.88. The van der Waals surface area contributed by atoms with Crippen LogP contribution in [0.3, 0.4) is 0 Å². The number of rotatable bonds is 11. The molecule has 3 aromatic carbocycles. The lowest BCUT2D eigenvalue weighted by atomic mass is 10.1. The molecule has 0 N–H and O–H groups in total. The highest BCUT2D eigenvalue weighted by Crippen LogP contribution is 2.50. The molecule has 15 rings (SSSR count). The molecule has 0 saturated heterocycles. The van der Waals surface area contributed by atoms with Gasteiger partial charge in [0.25, 0.3) is 0 Å². The van der Waals surface area contributed by atoms with E-state index in [0.717, 1.165) is 90.1 Å². The third kappa shape index (κ3) is 12.1. The Morgan fingerprint density at radius 1 is 0.466 bits per heavy atom. The fourth-order valence-electron chi connectivity index (χ4n) is 10.5. The van der Waals surface area contributed by atoms with E-state index >= 15 is 0 Å². The summed E-state index contributed by atoms with van der Waals surface area (Å²) in [5.74, 6) is -0.253. The molecule has 88 heavy (non-hydrogen) atoms. The van der Waals surface area contributed by atoms with Crippen LogP contribution in [-0.2, 0) is 36.9 Å². The minimum atomic E-state index is -3.82. The van der Waals surface area contributed by atoms with Crippen molar-refractivity contribution in [1.82, 2.24) is 43.6 Å². The molecule has 0 unspecified atom stereocenters. The maximum absolute atomic E-state index is 13.9. The monoisotopic (exact) mass is 1280 g/mol. The van der Waals surface area contributed by atoms with Crippen LogP contribution in [0.4, 0.5) is 52.7 Å². The maximum atomic E-state index is 13.9. The van der Waals surface area contributed by atoms with E-state index in [-0.39, 0.29) is 85.1 Å². The van der Waals surface area contributed by atoms with Gasteiger partial charge in [-0.05, 0) is 109 Å². The zero-order chi connectivity index (χ0) is 62.9. The van der Waals surface area contributed by atoms with Crippen molar-refractivity contribution in [2.75, 3.05) is 0 Å². The smallest absolute Gasteiger partial charge is 0.395 e. The lowest BCUT2D eigenvalue weighted by Gasteiger charge is -2.11. The van der Waals surface area contributed by atoms with Gasteiger partial charge in [0.15, 0.2) is 64.5 Å². The molecule has 3 saturated carbocycles. The van der Waals surface area contributed by atoms with Crippen LogP contribution in [0.25, 0.3) is 67.7 Å². The Kier molecular flexibility index (Phi) is 16.2. The van der Waals surface area contributed by atoms with E-state index in [2.05, 4.69) is 70.9 Å². The first kappa shape index (κ1) is 61.0. The zero-order valence-corrected chi connectivity index (χ0v) is 47.2. The van der Waals surface area contributed by atoms with E-state index in [9.17, 15) is 52.7 Å². The topological polar surface area (TPSA) is 199 Å². The highest BCUT2D eigenvalue weighted by atomic mass is 32.1. The number of alkyl halides is 12. The molecule has 6 aliphatic rings. The summed E-state index contributed by atoms with van der Waals surface area (Å²) < 4.78 is 216. The lowest BCUT2D eigenvalue weighted by Crippen LogP contribution is -2.25. The van der Waals surface area contributed by atoms with Crippen LogP contribution < -0.4 is 28.4 Å². The number of benzene rings is 3. The second kappa shape index (κ2) is 23.4. The van der Waals surface area contributed by atoms with Crippen LogP contribution in [-0.4, -0.2) is 75.1 Å². The van der Waals surface area contributed by atoms with Gasteiger partial charge in [0.05, 0.1) is 33.1 Å². The number of fused-ring (bicyclic) bond motifs is 6. The third-order valence-electron chi connectivity index (χ3n) is 14.8. The molecule has 0 bridgehead atoms. The molecule has 0 atom stereocenters. The van der Waals surface area contributed by atoms with Gasteiger partial charge in [0, 0.05) is 55.0 Å². The van der Waals surface area contributed by atoms with Crippen molar-refractivity contribution in [3.63, 3.8) is 0 Å². The van der Waals surface area contributed by atoms with Crippen molar-refractivity contribution in [3.8, 4) is 69.1 Å². The molecular weight excluding hydrogens is 1230 g/mol. The van der Waals surface area contributed by atoms with Crippen molar-refractivity contribution in [3.05, 3.63) is 107 Å². The average molecular weight is 1280 g/mol. The largest absolute Gasteiger partial charge is 0.586 e. The van der Waals surface area contributed by atoms with Crippen LogP contribution >= 0.6 is 0 Å². The zero-order valence-electron chi connectivity index (χ0n) is 45.6. The summed E-state index contributed by atoms with van der Waals surface area (Å²) in [6.45, 7) is -3.17. The van der Waals surface area contributed by atoms with Gasteiger partial charge < -0.3 is 28.4 Å². The molecule has 0 spiro atoms. The normalized spacial score (nSPS) is 16.9. The van der Waals surface area contributed by atoms with Crippen molar-refractivity contribution in [2.45, 2.75) is 128 Å². The number of halogens is 12. The fraction of sp³-hybridized carbons (Fsp3) is 0.357. The molecule has 3 fully saturated rings. The Bertz CT molecular complexity index is 4060. The van der Waals surface area contributed by atoms with Gasteiger partial charge in [0.1, 0.15) is 17.1 Å². The second-order valence-corrected chi connectivity index (χ2v) is 20.8. The molecule has 18 nitrogen and oxygen atoms in total. The Morgan fingerprint density at radius 3 is 0.989 bits per heavy atom. The molecule has 0 amide bonds. The Labute approximate surface area is 496 Å². The van der Waals surface area contributed by atoms with Crippen molar-refractivity contribution in [1.29, 1.82) is 0 Å². The lowest BCUT2D eigenvalue weighted by molar-refractivity contribution is -0.287. The number of ether oxygens (including phenoxy) is 6. The fourth-order valence-corrected chi connectivity index (χ4v) is 10.5. The molecule has 6 aromatic heterocycles. The molecule has 9 aromatic rings. The Hall–Kier alpha value is -8.68. The van der Waals surface area contributed by atoms with E-state index in [4.69, 9.17) is 12.6 Å². The molecule has 0 radical (unpaired) electrons. The highest BCUT2D eigenvalue weighted by molar-refractivity contribution is 7.51. The highest BCUT2D eigenvalue weighted by Gasteiger charge is 2.47. The first-order valence-electron chi connectivity index (χ1n) is 26.8. The summed E-state index contributed by atoms with van der Waals surface area (Å²) in [5, 5.41) is 0. The summed E-state index contributed by atoms with van der Waals surface area (Å²) in [7, 11) is 0. The number of imidazole rings is 3. The van der Waals surface area contributed by atoms with E-state index in [0.29, 0.717) is 61.4 Å².